The van der Waals surface area contributed by atoms with E-state index in [9.17, 15) is 4.79 Å². The summed E-state index contributed by atoms with van der Waals surface area (Å²) in [5.74, 6) is -0.934. The van der Waals surface area contributed by atoms with Crippen molar-refractivity contribution in [1.29, 1.82) is 0 Å². The Labute approximate surface area is 110 Å². The van der Waals surface area contributed by atoms with Crippen molar-refractivity contribution in [2.45, 2.75) is 0 Å². The maximum absolute atomic E-state index is 10.3. The number of benzene rings is 1. The quantitative estimate of drug-likeness (QED) is 0.800. The number of halogens is 1. The summed E-state index contributed by atoms with van der Waals surface area (Å²) in [6.07, 6.45) is 0. The number of hydrogen-bond donors (Lipinski definition) is 1. The van der Waals surface area contributed by atoms with Crippen LogP contribution < -0.4 is 0 Å². The first-order valence-corrected chi connectivity index (χ1v) is 3.07. The molecule has 0 heterocycles. The van der Waals surface area contributed by atoms with E-state index in [1.807, 2.05) is 0 Å². The first-order valence-electron chi connectivity index (χ1n) is 2.69. The van der Waals surface area contributed by atoms with Gasteiger partial charge in [-0.3, -0.25) is 0 Å². The van der Waals surface area contributed by atoms with Crippen LogP contribution in [0.15, 0.2) is 24.3 Å². The zero-order chi connectivity index (χ0) is 7.56. The Morgan fingerprint density at radius 2 is 1.73 bits per heavy atom. The van der Waals surface area contributed by atoms with E-state index in [1.165, 1.54) is 12.1 Å². The van der Waals surface area contributed by atoms with Crippen LogP contribution in [0.5, 0.6) is 0 Å². The molecule has 11 heavy (non-hydrogen) atoms. The van der Waals surface area contributed by atoms with E-state index in [2.05, 4.69) is 0 Å². The normalized spacial score (nSPS) is 8.45. The number of carboxylic acid groups (broad SMARTS) is 1. The molecule has 0 atom stereocenters. The summed E-state index contributed by atoms with van der Waals surface area (Å²) < 4.78 is 0. The molecular weight excluding hydrogens is 289 g/mol. The van der Waals surface area contributed by atoms with E-state index >= 15 is 0 Å². The largest absolute Gasteiger partial charge is 2.00 e. The maximum Gasteiger partial charge on any atom is 2.00 e. The van der Waals surface area contributed by atoms with E-state index in [0.717, 1.165) is 0 Å². The molecule has 0 fully saturated rings. The minimum absolute atomic E-state index is 0. The molecule has 1 aromatic carbocycles. The van der Waals surface area contributed by atoms with Crippen LogP contribution in [0, 0.1) is 0 Å². The van der Waals surface area contributed by atoms with Gasteiger partial charge in [0.05, 0.1) is 5.56 Å². The molecule has 1 rings (SSSR count). The molecule has 1 N–H and O–H groups in total. The molecule has 0 saturated carbocycles. The van der Waals surface area contributed by atoms with Crippen LogP contribution in [0.3, 0.4) is 0 Å². The number of hydrogen-bond acceptors (Lipinski definition) is 1. The third-order valence-electron chi connectivity index (χ3n) is 1.09. The average Bonchev–Trinajstić information content (AvgIpc) is 1.88. The minimum atomic E-state index is -0.934. The summed E-state index contributed by atoms with van der Waals surface area (Å²) in [6, 6.07) is 6.02. The molecule has 0 unspecified atom stereocenters. The van der Waals surface area contributed by atoms with E-state index < -0.39 is 5.97 Å². The molecule has 4 heteroatoms. The van der Waals surface area contributed by atoms with Gasteiger partial charge in [-0.2, -0.15) is 0 Å². The van der Waals surface area contributed by atoms with Crippen LogP contribution in [0.25, 0.3) is 0 Å². The van der Waals surface area contributed by atoms with Crippen LogP contribution in [0.1, 0.15) is 10.4 Å². The van der Waals surface area contributed by atoms with Crippen molar-refractivity contribution >= 4 is 66.5 Å². The van der Waals surface area contributed by atoms with Gasteiger partial charge < -0.3 is 5.11 Å². The minimum Gasteiger partial charge on any atom is -0.478 e. The van der Waals surface area contributed by atoms with Crippen LogP contribution in [-0.2, 0) is 0 Å². The maximum atomic E-state index is 10.3. The van der Waals surface area contributed by atoms with E-state index in [0.29, 0.717) is 5.02 Å². The van der Waals surface area contributed by atoms with Crippen molar-refractivity contribution in [1.82, 2.24) is 0 Å². The van der Waals surface area contributed by atoms with Gasteiger partial charge in [-0.1, -0.05) is 11.6 Å². The van der Waals surface area contributed by atoms with Crippen molar-refractivity contribution in [3.8, 4) is 0 Å². The third-order valence-corrected chi connectivity index (χ3v) is 1.34. The fourth-order valence-corrected chi connectivity index (χ4v) is 0.718. The third kappa shape index (κ3) is 3.64. The second-order valence-electron chi connectivity index (χ2n) is 1.81. The van der Waals surface area contributed by atoms with E-state index in [1.54, 1.807) is 12.1 Å². The van der Waals surface area contributed by atoms with Gasteiger partial charge in [0.2, 0.25) is 0 Å². The molecule has 1 aromatic rings. The fraction of sp³-hybridized carbons (Fsp3) is 0. The summed E-state index contributed by atoms with van der Waals surface area (Å²) in [6.45, 7) is 0. The Bertz CT molecular complexity index is 245. The molecule has 52 valence electrons. The summed E-state index contributed by atoms with van der Waals surface area (Å²) in [5, 5.41) is 8.98. The molecule has 0 aromatic heterocycles. The van der Waals surface area contributed by atoms with Crippen molar-refractivity contribution in [3.05, 3.63) is 34.9 Å². The summed E-state index contributed by atoms with van der Waals surface area (Å²) in [5.41, 5.74) is 0.254. The Morgan fingerprint density at radius 1 is 1.27 bits per heavy atom. The van der Waals surface area contributed by atoms with E-state index in [-0.39, 0.29) is 54.4 Å². The zero-order valence-corrected chi connectivity index (χ0v) is 10.9. The molecule has 2 nitrogen and oxygen atoms in total. The summed E-state index contributed by atoms with van der Waals surface area (Å²) >= 11 is 5.52. The van der Waals surface area contributed by atoms with Gasteiger partial charge in [0.15, 0.2) is 0 Å². The van der Waals surface area contributed by atoms with Crippen LogP contribution in [-0.4, -0.2) is 60.0 Å². The van der Waals surface area contributed by atoms with Crippen LogP contribution in [0.4, 0.5) is 0 Å². The Morgan fingerprint density at radius 3 is 2.09 bits per heavy atom. The molecule has 0 aliphatic carbocycles. The Hall–Kier alpha value is 0.551. The number of rotatable bonds is 1. The molecule has 0 amide bonds. The second kappa shape index (κ2) is 5.24. The SMILES string of the molecule is O=C(O)c1ccc(Cl)cc1.[Ba+2]. The number of carbonyl (C=O) groups is 1. The monoisotopic (exact) mass is 294 g/mol. The molecule has 0 saturated heterocycles. The number of aromatic carboxylic acids is 1. The Kier molecular flexibility index (Phi) is 5.50. The number of carboxylic acids is 1. The van der Waals surface area contributed by atoms with Gasteiger partial charge in [-0.05, 0) is 24.3 Å². The first kappa shape index (κ1) is 11.6. The van der Waals surface area contributed by atoms with Crippen molar-refractivity contribution in [2.24, 2.45) is 0 Å². The van der Waals surface area contributed by atoms with Crippen LogP contribution >= 0.6 is 11.6 Å². The predicted molar refractivity (Wildman–Crippen MR) is 44.2 cm³/mol. The molecule has 0 radical (unpaired) electrons. The van der Waals surface area contributed by atoms with Gasteiger partial charge in [0.25, 0.3) is 0 Å². The smallest absolute Gasteiger partial charge is 0.478 e. The second-order valence-corrected chi connectivity index (χ2v) is 2.25. The van der Waals surface area contributed by atoms with Gasteiger partial charge in [0.1, 0.15) is 0 Å². The van der Waals surface area contributed by atoms with Gasteiger partial charge in [-0.25, -0.2) is 4.79 Å². The predicted octanol–water partition coefficient (Wildman–Crippen LogP) is 1.66. The van der Waals surface area contributed by atoms with Crippen LogP contribution in [0.2, 0.25) is 5.02 Å². The molecular formula is C7H5BaClO2+2. The van der Waals surface area contributed by atoms with Crippen molar-refractivity contribution in [2.75, 3.05) is 0 Å². The Balaban J connectivity index is 0.000001000. The fourth-order valence-electron chi connectivity index (χ4n) is 0.592. The van der Waals surface area contributed by atoms with E-state index in [4.69, 9.17) is 16.7 Å². The molecule has 0 bridgehead atoms. The van der Waals surface area contributed by atoms with Gasteiger partial charge in [-0.15, -0.1) is 0 Å². The van der Waals surface area contributed by atoms with Gasteiger partial charge >= 0.3 is 54.9 Å². The molecule has 0 aliphatic rings. The zero-order valence-electron chi connectivity index (χ0n) is 5.75. The molecule has 0 aliphatic heterocycles. The van der Waals surface area contributed by atoms with Crippen molar-refractivity contribution in [3.63, 3.8) is 0 Å². The van der Waals surface area contributed by atoms with Crippen molar-refractivity contribution < 1.29 is 9.90 Å². The van der Waals surface area contributed by atoms with Gasteiger partial charge in [0, 0.05) is 5.02 Å². The average molecular weight is 294 g/mol. The summed E-state index contributed by atoms with van der Waals surface area (Å²) in [7, 11) is 0. The standard InChI is InChI=1S/C7H5ClO2.Ba/c8-6-3-1-5(2-4-6)7(9)10;/h1-4H,(H,9,10);/q;+2. The summed E-state index contributed by atoms with van der Waals surface area (Å²) in [4.78, 5) is 10.3. The topological polar surface area (TPSA) is 37.3 Å². The molecule has 0 spiro atoms. The first-order chi connectivity index (χ1) is 4.70.